The minimum absolute atomic E-state index is 0.0904. The predicted octanol–water partition coefficient (Wildman–Crippen LogP) is 4.28. The smallest absolute Gasteiger partial charge is 0.176 e. The zero-order valence-electron chi connectivity index (χ0n) is 14.7. The van der Waals surface area contributed by atoms with Crippen LogP contribution < -0.4 is 10.1 Å². The Hall–Kier alpha value is -2.91. The van der Waals surface area contributed by atoms with Crippen LogP contribution in [-0.2, 0) is 13.0 Å². The van der Waals surface area contributed by atoms with Crippen molar-refractivity contribution in [3.05, 3.63) is 102 Å². The molecule has 0 aliphatic rings. The van der Waals surface area contributed by atoms with Crippen LogP contribution in [0, 0.1) is 0 Å². The lowest BCUT2D eigenvalue weighted by Gasteiger charge is -2.08. The SMILES string of the molecule is O=C(CNCCc1ccccc1)c1ccc(OCc2ccccc2)cc1. The third-order valence-electron chi connectivity index (χ3n) is 4.14. The molecule has 3 heteroatoms. The van der Waals surface area contributed by atoms with Gasteiger partial charge in [0.05, 0.1) is 6.54 Å². The molecule has 0 spiro atoms. The number of rotatable bonds is 9. The van der Waals surface area contributed by atoms with Crippen LogP contribution in [0.2, 0.25) is 0 Å². The van der Waals surface area contributed by atoms with E-state index in [0.29, 0.717) is 18.7 Å². The topological polar surface area (TPSA) is 38.3 Å². The Morgan fingerprint density at radius 3 is 2.04 bits per heavy atom. The molecule has 0 radical (unpaired) electrons. The second-order valence-electron chi connectivity index (χ2n) is 6.13. The number of benzene rings is 3. The van der Waals surface area contributed by atoms with Gasteiger partial charge in [-0.15, -0.1) is 0 Å². The number of hydrogen-bond acceptors (Lipinski definition) is 3. The lowest BCUT2D eigenvalue weighted by atomic mass is 10.1. The van der Waals surface area contributed by atoms with E-state index in [4.69, 9.17) is 4.74 Å². The first-order chi connectivity index (χ1) is 12.8. The monoisotopic (exact) mass is 345 g/mol. The summed E-state index contributed by atoms with van der Waals surface area (Å²) in [7, 11) is 0. The van der Waals surface area contributed by atoms with Gasteiger partial charge in [-0.25, -0.2) is 0 Å². The van der Waals surface area contributed by atoms with Crippen molar-refractivity contribution < 1.29 is 9.53 Å². The Morgan fingerprint density at radius 2 is 1.38 bits per heavy atom. The molecule has 0 aliphatic heterocycles. The van der Waals surface area contributed by atoms with Gasteiger partial charge in [-0.3, -0.25) is 4.79 Å². The van der Waals surface area contributed by atoms with Crippen molar-refractivity contribution in [2.24, 2.45) is 0 Å². The fourth-order valence-corrected chi connectivity index (χ4v) is 2.66. The van der Waals surface area contributed by atoms with Crippen molar-refractivity contribution >= 4 is 5.78 Å². The molecule has 0 amide bonds. The first kappa shape index (κ1) is 17.9. The quantitative estimate of drug-likeness (QED) is 0.465. The number of hydrogen-bond donors (Lipinski definition) is 1. The van der Waals surface area contributed by atoms with Gasteiger partial charge in [0.2, 0.25) is 0 Å². The molecule has 0 saturated carbocycles. The number of ketones is 1. The molecule has 3 rings (SSSR count). The zero-order valence-corrected chi connectivity index (χ0v) is 14.7. The first-order valence-electron chi connectivity index (χ1n) is 8.86. The summed E-state index contributed by atoms with van der Waals surface area (Å²) in [5, 5.41) is 3.21. The van der Waals surface area contributed by atoms with Crippen molar-refractivity contribution in [3.8, 4) is 5.75 Å². The van der Waals surface area contributed by atoms with Crippen molar-refractivity contribution in [2.75, 3.05) is 13.1 Å². The van der Waals surface area contributed by atoms with Gasteiger partial charge in [0.15, 0.2) is 5.78 Å². The zero-order chi connectivity index (χ0) is 18.0. The van der Waals surface area contributed by atoms with E-state index in [1.807, 2.05) is 72.8 Å². The highest BCUT2D eigenvalue weighted by Gasteiger charge is 2.05. The summed E-state index contributed by atoms with van der Waals surface area (Å²) in [5.74, 6) is 0.857. The summed E-state index contributed by atoms with van der Waals surface area (Å²) in [6, 6.07) is 27.6. The summed E-state index contributed by atoms with van der Waals surface area (Å²) < 4.78 is 5.75. The molecule has 0 atom stereocenters. The largest absolute Gasteiger partial charge is 0.489 e. The van der Waals surface area contributed by atoms with Gasteiger partial charge in [0.25, 0.3) is 0 Å². The molecule has 132 valence electrons. The second-order valence-corrected chi connectivity index (χ2v) is 6.13. The minimum atomic E-state index is 0.0904. The van der Waals surface area contributed by atoms with Crippen LogP contribution >= 0.6 is 0 Å². The minimum Gasteiger partial charge on any atom is -0.489 e. The summed E-state index contributed by atoms with van der Waals surface area (Å²) in [4.78, 5) is 12.2. The van der Waals surface area contributed by atoms with E-state index in [9.17, 15) is 4.79 Å². The third kappa shape index (κ3) is 5.57. The Labute approximate surface area is 154 Å². The summed E-state index contributed by atoms with van der Waals surface area (Å²) in [5.41, 5.74) is 3.09. The van der Waals surface area contributed by atoms with E-state index in [-0.39, 0.29) is 5.78 Å². The molecular weight excluding hydrogens is 322 g/mol. The summed E-state index contributed by atoms with van der Waals surface area (Å²) in [6.45, 7) is 1.65. The maximum Gasteiger partial charge on any atom is 0.176 e. The molecule has 0 saturated heterocycles. The maximum absolute atomic E-state index is 12.2. The molecule has 0 heterocycles. The number of ether oxygens (including phenoxy) is 1. The van der Waals surface area contributed by atoms with Crippen LogP contribution in [0.25, 0.3) is 0 Å². The highest BCUT2D eigenvalue weighted by atomic mass is 16.5. The summed E-state index contributed by atoms with van der Waals surface area (Å²) >= 11 is 0. The van der Waals surface area contributed by atoms with E-state index in [2.05, 4.69) is 17.4 Å². The van der Waals surface area contributed by atoms with E-state index in [1.54, 1.807) is 0 Å². The molecule has 3 nitrogen and oxygen atoms in total. The fraction of sp³-hybridized carbons (Fsp3) is 0.174. The third-order valence-corrected chi connectivity index (χ3v) is 4.14. The molecule has 0 fully saturated rings. The van der Waals surface area contributed by atoms with Crippen LogP contribution in [0.5, 0.6) is 5.75 Å². The van der Waals surface area contributed by atoms with Crippen molar-refractivity contribution in [3.63, 3.8) is 0 Å². The molecule has 0 unspecified atom stereocenters. The molecule has 26 heavy (non-hydrogen) atoms. The molecule has 0 bridgehead atoms. The van der Waals surface area contributed by atoms with E-state index in [1.165, 1.54) is 5.56 Å². The number of Topliss-reactive ketones (excluding diaryl/α,β-unsaturated/α-hetero) is 1. The molecule has 0 aliphatic carbocycles. The molecule has 3 aromatic carbocycles. The van der Waals surface area contributed by atoms with Crippen molar-refractivity contribution in [2.45, 2.75) is 13.0 Å². The van der Waals surface area contributed by atoms with Gasteiger partial charge in [-0.2, -0.15) is 0 Å². The van der Waals surface area contributed by atoms with Crippen LogP contribution in [0.3, 0.4) is 0 Å². The fourth-order valence-electron chi connectivity index (χ4n) is 2.66. The highest BCUT2D eigenvalue weighted by Crippen LogP contribution is 2.14. The molecule has 0 aromatic heterocycles. The Balaban J connectivity index is 1.41. The van der Waals surface area contributed by atoms with Crippen LogP contribution in [0.15, 0.2) is 84.9 Å². The van der Waals surface area contributed by atoms with Gasteiger partial charge in [-0.05, 0) is 48.4 Å². The normalized spacial score (nSPS) is 10.5. The van der Waals surface area contributed by atoms with Gasteiger partial charge < -0.3 is 10.1 Å². The Kier molecular flexibility index (Phi) is 6.57. The average molecular weight is 345 g/mol. The van der Waals surface area contributed by atoms with E-state index >= 15 is 0 Å². The lowest BCUT2D eigenvalue weighted by molar-refractivity contribution is 0.0991. The Morgan fingerprint density at radius 1 is 0.769 bits per heavy atom. The maximum atomic E-state index is 12.2. The number of nitrogens with one attached hydrogen (secondary N) is 1. The molecule has 3 aromatic rings. The van der Waals surface area contributed by atoms with E-state index in [0.717, 1.165) is 24.3 Å². The predicted molar refractivity (Wildman–Crippen MR) is 105 cm³/mol. The first-order valence-corrected chi connectivity index (χ1v) is 8.86. The molecular formula is C23H23NO2. The molecule has 1 N–H and O–H groups in total. The van der Waals surface area contributed by atoms with Crippen LogP contribution in [-0.4, -0.2) is 18.9 Å². The number of carbonyl (C=O) groups excluding carboxylic acids is 1. The van der Waals surface area contributed by atoms with Crippen molar-refractivity contribution in [1.29, 1.82) is 0 Å². The number of carbonyl (C=O) groups is 1. The second kappa shape index (κ2) is 9.54. The standard InChI is InChI=1S/C23H23NO2/c25-23(17-24-16-15-19-7-3-1-4-8-19)21-11-13-22(14-12-21)26-18-20-9-5-2-6-10-20/h1-14,24H,15-18H2. The van der Waals surface area contributed by atoms with Crippen molar-refractivity contribution in [1.82, 2.24) is 5.32 Å². The lowest BCUT2D eigenvalue weighted by Crippen LogP contribution is -2.25. The summed E-state index contributed by atoms with van der Waals surface area (Å²) in [6.07, 6.45) is 0.917. The van der Waals surface area contributed by atoms with E-state index < -0.39 is 0 Å². The Bertz CT molecular complexity index is 799. The van der Waals surface area contributed by atoms with Gasteiger partial charge >= 0.3 is 0 Å². The van der Waals surface area contributed by atoms with Crippen LogP contribution in [0.4, 0.5) is 0 Å². The van der Waals surface area contributed by atoms with Gasteiger partial charge in [-0.1, -0.05) is 60.7 Å². The average Bonchev–Trinajstić information content (AvgIpc) is 2.71. The van der Waals surface area contributed by atoms with Crippen LogP contribution in [0.1, 0.15) is 21.5 Å². The van der Waals surface area contributed by atoms with Gasteiger partial charge in [0.1, 0.15) is 12.4 Å². The van der Waals surface area contributed by atoms with Gasteiger partial charge in [0, 0.05) is 5.56 Å². The highest BCUT2D eigenvalue weighted by molar-refractivity contribution is 5.97.